The summed E-state index contributed by atoms with van der Waals surface area (Å²) in [6.07, 6.45) is 4.56. The van der Waals surface area contributed by atoms with E-state index >= 15 is 0 Å². The van der Waals surface area contributed by atoms with Crippen LogP contribution < -0.4 is 5.32 Å². The molecular weight excluding hydrogens is 322 g/mol. The SMILES string of the molecule is Cc1ccc(-c2cnc3ccc(NCCc4ccccn4)nn23)cc1C. The van der Waals surface area contributed by atoms with E-state index in [1.807, 2.05) is 47.2 Å². The first kappa shape index (κ1) is 16.3. The number of pyridine rings is 1. The Balaban J connectivity index is 1.57. The summed E-state index contributed by atoms with van der Waals surface area (Å²) in [4.78, 5) is 8.82. The van der Waals surface area contributed by atoms with Crippen LogP contribution in [0.3, 0.4) is 0 Å². The Bertz CT molecular complexity index is 1040. The largest absolute Gasteiger partial charge is 0.368 e. The highest BCUT2D eigenvalue weighted by Crippen LogP contribution is 2.23. The number of rotatable bonds is 5. The molecule has 4 rings (SSSR count). The highest BCUT2D eigenvalue weighted by Gasteiger charge is 2.09. The fourth-order valence-corrected chi connectivity index (χ4v) is 2.93. The van der Waals surface area contributed by atoms with E-state index in [0.717, 1.165) is 41.4 Å². The lowest BCUT2D eigenvalue weighted by atomic mass is 10.0. The van der Waals surface area contributed by atoms with Crippen molar-refractivity contribution in [3.8, 4) is 11.3 Å². The predicted octanol–water partition coefficient (Wildman–Crippen LogP) is 4.06. The van der Waals surface area contributed by atoms with Crippen molar-refractivity contribution >= 4 is 11.5 Å². The molecule has 1 N–H and O–H groups in total. The summed E-state index contributed by atoms with van der Waals surface area (Å²) < 4.78 is 1.90. The topological polar surface area (TPSA) is 55.1 Å². The molecule has 0 aliphatic carbocycles. The van der Waals surface area contributed by atoms with Gasteiger partial charge in [0.05, 0.1) is 11.9 Å². The lowest BCUT2D eigenvalue weighted by Gasteiger charge is -2.08. The number of aryl methyl sites for hydroxylation is 2. The Morgan fingerprint density at radius 1 is 0.962 bits per heavy atom. The Morgan fingerprint density at radius 3 is 2.69 bits per heavy atom. The molecule has 26 heavy (non-hydrogen) atoms. The van der Waals surface area contributed by atoms with Gasteiger partial charge < -0.3 is 5.32 Å². The van der Waals surface area contributed by atoms with Crippen LogP contribution in [0.2, 0.25) is 0 Å². The van der Waals surface area contributed by atoms with Gasteiger partial charge in [-0.3, -0.25) is 4.98 Å². The lowest BCUT2D eigenvalue weighted by molar-refractivity contribution is 0.907. The van der Waals surface area contributed by atoms with E-state index in [0.29, 0.717) is 0 Å². The number of aromatic nitrogens is 4. The van der Waals surface area contributed by atoms with Gasteiger partial charge in [0, 0.05) is 30.4 Å². The predicted molar refractivity (Wildman–Crippen MR) is 104 cm³/mol. The third-order valence-electron chi connectivity index (χ3n) is 4.58. The molecule has 4 aromatic rings. The zero-order chi connectivity index (χ0) is 17.9. The number of hydrogen-bond acceptors (Lipinski definition) is 4. The van der Waals surface area contributed by atoms with Gasteiger partial charge in [0.2, 0.25) is 0 Å². The zero-order valence-corrected chi connectivity index (χ0v) is 15.0. The second-order valence-corrected chi connectivity index (χ2v) is 6.43. The lowest BCUT2D eigenvalue weighted by Crippen LogP contribution is -2.09. The van der Waals surface area contributed by atoms with E-state index in [4.69, 9.17) is 5.10 Å². The van der Waals surface area contributed by atoms with Gasteiger partial charge >= 0.3 is 0 Å². The third kappa shape index (κ3) is 3.28. The van der Waals surface area contributed by atoms with Crippen LogP contribution in [0.1, 0.15) is 16.8 Å². The number of anilines is 1. The first-order valence-electron chi connectivity index (χ1n) is 8.77. The third-order valence-corrected chi connectivity index (χ3v) is 4.58. The van der Waals surface area contributed by atoms with Gasteiger partial charge in [-0.05, 0) is 55.3 Å². The van der Waals surface area contributed by atoms with E-state index in [1.54, 1.807) is 0 Å². The van der Waals surface area contributed by atoms with Crippen LogP contribution in [0.15, 0.2) is 60.9 Å². The first-order chi connectivity index (χ1) is 12.7. The van der Waals surface area contributed by atoms with Crippen LogP contribution in [0.5, 0.6) is 0 Å². The maximum Gasteiger partial charge on any atom is 0.154 e. The van der Waals surface area contributed by atoms with Crippen molar-refractivity contribution in [2.45, 2.75) is 20.3 Å². The Hall–Kier alpha value is -3.21. The van der Waals surface area contributed by atoms with Crippen LogP contribution in [-0.4, -0.2) is 26.1 Å². The molecule has 1 aromatic carbocycles. The quantitative estimate of drug-likeness (QED) is 0.594. The summed E-state index contributed by atoms with van der Waals surface area (Å²) in [6.45, 7) is 5.03. The summed E-state index contributed by atoms with van der Waals surface area (Å²) in [7, 11) is 0. The van der Waals surface area contributed by atoms with Crippen LogP contribution in [0.4, 0.5) is 5.82 Å². The fraction of sp³-hybridized carbons (Fsp3) is 0.190. The monoisotopic (exact) mass is 343 g/mol. The normalized spacial score (nSPS) is 11.0. The molecule has 130 valence electrons. The van der Waals surface area contributed by atoms with Crippen LogP contribution in [0, 0.1) is 13.8 Å². The Morgan fingerprint density at radius 2 is 1.88 bits per heavy atom. The van der Waals surface area contributed by atoms with Gasteiger partial charge in [-0.25, -0.2) is 9.50 Å². The molecule has 0 unspecified atom stereocenters. The molecule has 0 radical (unpaired) electrons. The van der Waals surface area contributed by atoms with E-state index in [-0.39, 0.29) is 0 Å². The van der Waals surface area contributed by atoms with E-state index < -0.39 is 0 Å². The van der Waals surface area contributed by atoms with Gasteiger partial charge in [-0.1, -0.05) is 18.2 Å². The second kappa shape index (κ2) is 6.96. The number of fused-ring (bicyclic) bond motifs is 1. The van der Waals surface area contributed by atoms with Crippen molar-refractivity contribution in [1.82, 2.24) is 19.6 Å². The minimum Gasteiger partial charge on any atom is -0.368 e. The van der Waals surface area contributed by atoms with Gasteiger partial charge in [0.15, 0.2) is 5.65 Å². The molecule has 0 saturated carbocycles. The molecule has 0 bridgehead atoms. The molecule has 5 nitrogen and oxygen atoms in total. The van der Waals surface area contributed by atoms with E-state index in [9.17, 15) is 0 Å². The molecule has 3 aromatic heterocycles. The molecule has 0 aliphatic heterocycles. The summed E-state index contributed by atoms with van der Waals surface area (Å²) in [5.41, 5.74) is 6.58. The molecule has 0 saturated heterocycles. The first-order valence-corrected chi connectivity index (χ1v) is 8.77. The van der Waals surface area contributed by atoms with Crippen LogP contribution in [-0.2, 0) is 6.42 Å². The molecule has 0 spiro atoms. The van der Waals surface area contributed by atoms with Crippen LogP contribution >= 0.6 is 0 Å². The molecule has 3 heterocycles. The second-order valence-electron chi connectivity index (χ2n) is 6.43. The van der Waals surface area contributed by atoms with Crippen molar-refractivity contribution in [1.29, 1.82) is 0 Å². The van der Waals surface area contributed by atoms with Gasteiger partial charge in [0.25, 0.3) is 0 Å². The van der Waals surface area contributed by atoms with E-state index in [1.165, 1.54) is 11.1 Å². The zero-order valence-electron chi connectivity index (χ0n) is 15.0. The van der Waals surface area contributed by atoms with Crippen molar-refractivity contribution in [3.05, 3.63) is 77.7 Å². The average molecular weight is 343 g/mol. The number of nitrogens with one attached hydrogen (secondary N) is 1. The minimum absolute atomic E-state index is 0.781. The number of hydrogen-bond donors (Lipinski definition) is 1. The Kier molecular flexibility index (Phi) is 4.35. The summed E-state index contributed by atoms with van der Waals surface area (Å²) in [6, 6.07) is 16.4. The number of benzene rings is 1. The van der Waals surface area contributed by atoms with Crippen molar-refractivity contribution < 1.29 is 0 Å². The molecule has 0 aliphatic rings. The highest BCUT2D eigenvalue weighted by molar-refractivity contribution is 5.65. The van der Waals surface area contributed by atoms with Crippen molar-refractivity contribution in [2.75, 3.05) is 11.9 Å². The van der Waals surface area contributed by atoms with Crippen molar-refractivity contribution in [2.24, 2.45) is 0 Å². The van der Waals surface area contributed by atoms with Crippen molar-refractivity contribution in [3.63, 3.8) is 0 Å². The summed E-state index contributed by atoms with van der Waals surface area (Å²) in [5, 5.41) is 8.09. The standard InChI is InChI=1S/C21H21N5/c1-15-6-7-17(13-16(15)2)19-14-24-21-9-8-20(25-26(19)21)23-12-10-18-5-3-4-11-22-18/h3-9,11,13-14H,10,12H2,1-2H3,(H,23,25). The highest BCUT2D eigenvalue weighted by atomic mass is 15.3. The maximum absolute atomic E-state index is 4.72. The van der Waals surface area contributed by atoms with Crippen LogP contribution in [0.25, 0.3) is 16.9 Å². The number of imidazole rings is 1. The maximum atomic E-state index is 4.72. The van der Waals surface area contributed by atoms with Gasteiger partial charge in [0.1, 0.15) is 5.82 Å². The number of nitrogens with zero attached hydrogens (tertiary/aromatic N) is 4. The fourth-order valence-electron chi connectivity index (χ4n) is 2.93. The molecule has 5 heteroatoms. The van der Waals surface area contributed by atoms with Gasteiger partial charge in [-0.15, -0.1) is 5.10 Å². The molecule has 0 amide bonds. The summed E-state index contributed by atoms with van der Waals surface area (Å²) in [5.74, 6) is 0.830. The Labute approximate surface area is 152 Å². The van der Waals surface area contributed by atoms with Gasteiger partial charge in [-0.2, -0.15) is 0 Å². The molecule has 0 atom stereocenters. The molecular formula is C21H21N5. The summed E-state index contributed by atoms with van der Waals surface area (Å²) >= 11 is 0. The average Bonchev–Trinajstić information content (AvgIpc) is 3.08. The van der Waals surface area contributed by atoms with E-state index in [2.05, 4.69) is 47.3 Å². The minimum atomic E-state index is 0.781. The molecule has 0 fully saturated rings. The smallest absolute Gasteiger partial charge is 0.154 e.